The fraction of sp³-hybridized carbons (Fsp3) is 0.278. The molecule has 0 bridgehead atoms. The van der Waals surface area contributed by atoms with Crippen LogP contribution in [-0.2, 0) is 16.1 Å². The molecule has 1 heterocycles. The average molecular weight is 343 g/mol. The zero-order valence-electron chi connectivity index (χ0n) is 14.5. The van der Waals surface area contributed by atoms with Crippen molar-refractivity contribution in [2.75, 3.05) is 26.1 Å². The lowest BCUT2D eigenvalue weighted by molar-refractivity contribution is -0.133. The van der Waals surface area contributed by atoms with Crippen LogP contribution in [0.5, 0.6) is 11.5 Å². The lowest BCUT2D eigenvalue weighted by atomic mass is 10.2. The molecule has 0 saturated carbocycles. The number of nitrogens with one attached hydrogen (secondary N) is 1. The second-order valence-electron chi connectivity index (χ2n) is 5.35. The monoisotopic (exact) mass is 343 g/mol. The number of pyridine rings is 1. The summed E-state index contributed by atoms with van der Waals surface area (Å²) < 4.78 is 10.4. The molecule has 1 aromatic heterocycles. The number of hydrogen-bond acceptors (Lipinski definition) is 5. The predicted octanol–water partition coefficient (Wildman–Crippen LogP) is 2.09. The largest absolute Gasteiger partial charge is 0.497 e. The summed E-state index contributed by atoms with van der Waals surface area (Å²) in [5.41, 5.74) is 1.37. The molecule has 0 atom stereocenters. The minimum Gasteiger partial charge on any atom is -0.497 e. The molecule has 0 radical (unpaired) electrons. The quantitative estimate of drug-likeness (QED) is 0.832. The minimum absolute atomic E-state index is 0.0700. The van der Waals surface area contributed by atoms with Gasteiger partial charge in [0.05, 0.1) is 19.9 Å². The topological polar surface area (TPSA) is 80.8 Å². The third-order valence-corrected chi connectivity index (χ3v) is 3.56. The van der Waals surface area contributed by atoms with Gasteiger partial charge in [-0.2, -0.15) is 0 Å². The number of hydrogen-bond donors (Lipinski definition) is 1. The van der Waals surface area contributed by atoms with Crippen molar-refractivity contribution in [2.24, 2.45) is 0 Å². The molecule has 1 aromatic carbocycles. The van der Waals surface area contributed by atoms with E-state index < -0.39 is 0 Å². The zero-order valence-corrected chi connectivity index (χ0v) is 14.5. The van der Waals surface area contributed by atoms with Crippen molar-refractivity contribution in [3.63, 3.8) is 0 Å². The highest BCUT2D eigenvalue weighted by Crippen LogP contribution is 2.28. The molecule has 2 rings (SSSR count). The van der Waals surface area contributed by atoms with Gasteiger partial charge < -0.3 is 19.7 Å². The molecule has 0 spiro atoms. The molecule has 2 amide bonds. The Morgan fingerprint density at radius 2 is 2.00 bits per heavy atom. The number of ether oxygens (including phenoxy) is 2. The Labute approximate surface area is 146 Å². The number of nitrogens with zero attached hydrogens (tertiary/aromatic N) is 2. The number of amides is 2. The summed E-state index contributed by atoms with van der Waals surface area (Å²) in [6, 6.07) is 8.72. The molecule has 0 saturated heterocycles. The molecule has 25 heavy (non-hydrogen) atoms. The zero-order chi connectivity index (χ0) is 18.2. The Bertz CT molecular complexity index is 734. The number of rotatable bonds is 7. The highest BCUT2D eigenvalue weighted by molar-refractivity contribution is 5.95. The Morgan fingerprint density at radius 1 is 1.20 bits per heavy atom. The molecule has 7 heteroatoms. The van der Waals surface area contributed by atoms with E-state index in [4.69, 9.17) is 9.47 Å². The Balaban J connectivity index is 2.05. The molecule has 1 N–H and O–H groups in total. The molecular weight excluding hydrogens is 322 g/mol. The van der Waals surface area contributed by atoms with E-state index in [2.05, 4.69) is 10.3 Å². The first-order valence-electron chi connectivity index (χ1n) is 7.69. The average Bonchev–Trinajstić information content (AvgIpc) is 2.62. The van der Waals surface area contributed by atoms with Crippen LogP contribution in [0, 0.1) is 0 Å². The normalized spacial score (nSPS) is 10.0. The molecule has 132 valence electrons. The van der Waals surface area contributed by atoms with Crippen LogP contribution < -0.4 is 14.8 Å². The van der Waals surface area contributed by atoms with Crippen molar-refractivity contribution in [3.8, 4) is 11.5 Å². The third-order valence-electron chi connectivity index (χ3n) is 3.56. The minimum atomic E-state index is -0.317. The maximum absolute atomic E-state index is 12.3. The van der Waals surface area contributed by atoms with Gasteiger partial charge in [0.15, 0.2) is 0 Å². The van der Waals surface area contributed by atoms with Crippen LogP contribution in [0.25, 0.3) is 0 Å². The second kappa shape index (κ2) is 8.68. The third kappa shape index (κ3) is 5.20. The molecule has 0 unspecified atom stereocenters. The van der Waals surface area contributed by atoms with Crippen molar-refractivity contribution in [1.29, 1.82) is 0 Å². The van der Waals surface area contributed by atoms with Gasteiger partial charge in [-0.25, -0.2) is 0 Å². The van der Waals surface area contributed by atoms with E-state index in [0.717, 1.165) is 5.56 Å². The van der Waals surface area contributed by atoms with Crippen LogP contribution >= 0.6 is 0 Å². The van der Waals surface area contributed by atoms with Gasteiger partial charge in [-0.1, -0.05) is 6.07 Å². The van der Waals surface area contributed by atoms with Gasteiger partial charge in [0, 0.05) is 31.9 Å². The molecule has 0 aliphatic heterocycles. The SMILES string of the molecule is COc1ccc(NC(=O)CN(Cc2cccnc2)C(C)=O)c(OC)c1. The molecule has 0 aliphatic rings. The van der Waals surface area contributed by atoms with E-state index in [1.807, 2.05) is 6.07 Å². The van der Waals surface area contributed by atoms with E-state index in [9.17, 15) is 9.59 Å². The van der Waals surface area contributed by atoms with E-state index in [1.165, 1.54) is 18.9 Å². The van der Waals surface area contributed by atoms with Gasteiger partial charge in [-0.3, -0.25) is 14.6 Å². The fourth-order valence-corrected chi connectivity index (χ4v) is 2.26. The number of anilines is 1. The van der Waals surface area contributed by atoms with Gasteiger partial charge in [0.1, 0.15) is 18.0 Å². The van der Waals surface area contributed by atoms with Gasteiger partial charge >= 0.3 is 0 Å². The lowest BCUT2D eigenvalue weighted by Crippen LogP contribution is -2.36. The van der Waals surface area contributed by atoms with E-state index in [-0.39, 0.29) is 18.4 Å². The summed E-state index contributed by atoms with van der Waals surface area (Å²) in [6.45, 7) is 1.67. The maximum Gasteiger partial charge on any atom is 0.244 e. The number of aromatic nitrogens is 1. The van der Waals surface area contributed by atoms with E-state index >= 15 is 0 Å². The first-order chi connectivity index (χ1) is 12.0. The van der Waals surface area contributed by atoms with Crippen LogP contribution in [0.4, 0.5) is 5.69 Å². The number of carbonyl (C=O) groups excluding carboxylic acids is 2. The van der Waals surface area contributed by atoms with Crippen molar-refractivity contribution in [1.82, 2.24) is 9.88 Å². The summed E-state index contributed by atoms with van der Waals surface area (Å²) in [5, 5.41) is 2.75. The van der Waals surface area contributed by atoms with Crippen molar-refractivity contribution in [3.05, 3.63) is 48.3 Å². The van der Waals surface area contributed by atoms with Crippen molar-refractivity contribution < 1.29 is 19.1 Å². The van der Waals surface area contributed by atoms with Crippen LogP contribution in [0.3, 0.4) is 0 Å². The standard InChI is InChI=1S/C18H21N3O4/c1-13(22)21(11-14-5-4-8-19-10-14)12-18(23)20-16-7-6-15(24-2)9-17(16)25-3/h4-10H,11-12H2,1-3H3,(H,20,23). The molecule has 2 aromatic rings. The van der Waals surface area contributed by atoms with E-state index in [0.29, 0.717) is 23.7 Å². The van der Waals surface area contributed by atoms with Gasteiger partial charge in [-0.15, -0.1) is 0 Å². The number of carbonyl (C=O) groups is 2. The van der Waals surface area contributed by atoms with Crippen LogP contribution in [-0.4, -0.2) is 42.5 Å². The summed E-state index contributed by atoms with van der Waals surface area (Å²) in [6.07, 6.45) is 3.32. The predicted molar refractivity (Wildman–Crippen MR) is 93.5 cm³/mol. The summed E-state index contributed by atoms with van der Waals surface area (Å²) in [4.78, 5) is 29.6. The van der Waals surface area contributed by atoms with E-state index in [1.54, 1.807) is 43.8 Å². The maximum atomic E-state index is 12.3. The molecule has 7 nitrogen and oxygen atoms in total. The summed E-state index contributed by atoms with van der Waals surface area (Å²) >= 11 is 0. The second-order valence-corrected chi connectivity index (χ2v) is 5.35. The first-order valence-corrected chi connectivity index (χ1v) is 7.69. The van der Waals surface area contributed by atoms with Crippen LogP contribution in [0.1, 0.15) is 12.5 Å². The van der Waals surface area contributed by atoms with Gasteiger partial charge in [-0.05, 0) is 23.8 Å². The molecule has 0 aliphatic carbocycles. The Kier molecular flexibility index (Phi) is 6.33. The smallest absolute Gasteiger partial charge is 0.244 e. The van der Waals surface area contributed by atoms with Crippen LogP contribution in [0.15, 0.2) is 42.7 Å². The lowest BCUT2D eigenvalue weighted by Gasteiger charge is -2.21. The fourth-order valence-electron chi connectivity index (χ4n) is 2.26. The van der Waals surface area contributed by atoms with Gasteiger partial charge in [0.25, 0.3) is 0 Å². The number of methoxy groups -OCH3 is 2. The highest BCUT2D eigenvalue weighted by Gasteiger charge is 2.16. The Morgan fingerprint density at radius 3 is 2.60 bits per heavy atom. The summed E-state index contributed by atoms with van der Waals surface area (Å²) in [7, 11) is 3.06. The van der Waals surface area contributed by atoms with Crippen molar-refractivity contribution >= 4 is 17.5 Å². The molecule has 0 fully saturated rings. The highest BCUT2D eigenvalue weighted by atomic mass is 16.5. The number of benzene rings is 1. The van der Waals surface area contributed by atoms with Gasteiger partial charge in [0.2, 0.25) is 11.8 Å². The molecular formula is C18H21N3O4. The van der Waals surface area contributed by atoms with Crippen LogP contribution in [0.2, 0.25) is 0 Å². The first kappa shape index (κ1) is 18.3. The Hall–Kier alpha value is -3.09. The van der Waals surface area contributed by atoms with Crippen molar-refractivity contribution in [2.45, 2.75) is 13.5 Å². The summed E-state index contributed by atoms with van der Waals surface area (Å²) in [5.74, 6) is 0.592.